The number of rotatable bonds is 2. The molecule has 0 aromatic heterocycles. The van der Waals surface area contributed by atoms with Crippen molar-refractivity contribution >= 4 is 29.7 Å². The Kier molecular flexibility index (Phi) is 4.19. The number of ether oxygens (including phenoxy) is 2. The Bertz CT molecular complexity index is 697. The molecule has 10 heteroatoms. The summed E-state index contributed by atoms with van der Waals surface area (Å²) >= 11 is 0. The van der Waals surface area contributed by atoms with Gasteiger partial charge in [-0.1, -0.05) is 0 Å². The van der Waals surface area contributed by atoms with Crippen LogP contribution in [0, 0.1) is 0 Å². The number of carbonyl (C=O) groups is 5. The highest BCUT2D eigenvalue weighted by Crippen LogP contribution is 2.43. The van der Waals surface area contributed by atoms with E-state index in [1.807, 2.05) is 0 Å². The molecule has 130 valence electrons. The van der Waals surface area contributed by atoms with Gasteiger partial charge in [0.2, 0.25) is 11.8 Å². The molecule has 2 bridgehead atoms. The molecule has 0 aromatic rings. The van der Waals surface area contributed by atoms with Gasteiger partial charge in [-0.2, -0.15) is 0 Å². The molecule has 3 amide bonds. The quantitative estimate of drug-likeness (QED) is 0.568. The van der Waals surface area contributed by atoms with E-state index < -0.39 is 59.1 Å². The number of β-amino-alcohol motifs (C(OH)–C–C–N with tert-alkyl or cyclic N) is 1. The summed E-state index contributed by atoms with van der Waals surface area (Å²) in [4.78, 5) is 61.9. The van der Waals surface area contributed by atoms with Gasteiger partial charge in [-0.15, -0.1) is 0 Å². The van der Waals surface area contributed by atoms with Gasteiger partial charge in [0.15, 0.2) is 5.72 Å². The van der Waals surface area contributed by atoms with Crippen LogP contribution in [-0.2, 0) is 33.4 Å². The molecule has 2 unspecified atom stereocenters. The molecule has 0 aliphatic carbocycles. The minimum atomic E-state index is -2.37. The fraction of sp³-hybridized carbons (Fsp3) is 0.500. The molecular formula is C14H16N2O8. The average molecular weight is 340 g/mol. The number of methoxy groups -OCH3 is 2. The van der Waals surface area contributed by atoms with E-state index in [0.29, 0.717) is 9.80 Å². The molecule has 1 N–H and O–H groups in total. The predicted molar refractivity (Wildman–Crippen MR) is 74.7 cm³/mol. The Morgan fingerprint density at radius 1 is 1.08 bits per heavy atom. The molecule has 24 heavy (non-hydrogen) atoms. The summed E-state index contributed by atoms with van der Waals surface area (Å²) in [5, 5.41) is 11.0. The molecule has 0 spiro atoms. The minimum Gasteiger partial charge on any atom is -0.466 e. The maximum Gasteiger partial charge on any atom is 0.339 e. The van der Waals surface area contributed by atoms with E-state index in [0.717, 1.165) is 28.1 Å². The van der Waals surface area contributed by atoms with Gasteiger partial charge >= 0.3 is 11.9 Å². The summed E-state index contributed by atoms with van der Waals surface area (Å²) in [6.45, 7) is 1.45. The first-order chi connectivity index (χ1) is 11.1. The summed E-state index contributed by atoms with van der Waals surface area (Å²) < 4.78 is 9.15. The van der Waals surface area contributed by atoms with Crippen LogP contribution < -0.4 is 0 Å². The lowest BCUT2D eigenvalue weighted by Gasteiger charge is -2.44. The first kappa shape index (κ1) is 17.6. The van der Waals surface area contributed by atoms with Gasteiger partial charge in [-0.05, 0) is 0 Å². The second kappa shape index (κ2) is 5.71. The summed E-state index contributed by atoms with van der Waals surface area (Å²) in [7, 11) is 2.03. The van der Waals surface area contributed by atoms with Crippen molar-refractivity contribution in [2.24, 2.45) is 0 Å². The topological polar surface area (TPSA) is 131 Å². The first-order valence-electron chi connectivity index (χ1n) is 6.87. The van der Waals surface area contributed by atoms with Crippen molar-refractivity contribution in [3.05, 3.63) is 11.1 Å². The van der Waals surface area contributed by atoms with Crippen molar-refractivity contribution in [3.63, 3.8) is 0 Å². The average Bonchev–Trinajstić information content (AvgIpc) is 2.74. The normalized spacial score (nSPS) is 25.7. The Morgan fingerprint density at radius 2 is 1.62 bits per heavy atom. The maximum absolute atomic E-state index is 12.6. The van der Waals surface area contributed by atoms with Gasteiger partial charge < -0.3 is 14.6 Å². The lowest BCUT2D eigenvalue weighted by Crippen LogP contribution is -2.68. The SMILES string of the molecule is COC(=O)C1=C(C(=O)OC)C2(O)CN(C(C)=O)C(=O)C1N2C(C)=O. The van der Waals surface area contributed by atoms with Crippen molar-refractivity contribution < 1.29 is 38.6 Å². The van der Waals surface area contributed by atoms with E-state index in [4.69, 9.17) is 0 Å². The molecule has 2 rings (SSSR count). The van der Waals surface area contributed by atoms with Crippen LogP contribution in [0.15, 0.2) is 11.1 Å². The highest BCUT2D eigenvalue weighted by atomic mass is 16.5. The largest absolute Gasteiger partial charge is 0.466 e. The number of piperazine rings is 1. The number of nitrogens with zero attached hydrogens (tertiary/aromatic N) is 2. The standard InChI is InChI=1S/C14H16N2O8/c1-6(17)15-5-14(22)9(13(21)24-4)8(12(20)23-3)10(11(15)19)16(14)7(2)18/h10,22H,5H2,1-4H3. The van der Waals surface area contributed by atoms with E-state index in [1.54, 1.807) is 0 Å². The number of imide groups is 1. The van der Waals surface area contributed by atoms with Crippen LogP contribution in [-0.4, -0.2) is 77.1 Å². The lowest BCUT2D eigenvalue weighted by molar-refractivity contribution is -0.182. The van der Waals surface area contributed by atoms with E-state index in [-0.39, 0.29) is 0 Å². The van der Waals surface area contributed by atoms with Gasteiger partial charge in [0.05, 0.1) is 26.3 Å². The van der Waals surface area contributed by atoms with Crippen LogP contribution >= 0.6 is 0 Å². The van der Waals surface area contributed by atoms with Gasteiger partial charge in [0, 0.05) is 13.8 Å². The number of carbonyl (C=O) groups excluding carboxylic acids is 5. The van der Waals surface area contributed by atoms with E-state index in [2.05, 4.69) is 9.47 Å². The molecule has 0 aromatic carbocycles. The Morgan fingerprint density at radius 3 is 2.04 bits per heavy atom. The van der Waals surface area contributed by atoms with Crippen molar-refractivity contribution in [1.82, 2.24) is 9.80 Å². The second-order valence-electron chi connectivity index (χ2n) is 5.32. The monoisotopic (exact) mass is 340 g/mol. The zero-order valence-corrected chi connectivity index (χ0v) is 13.5. The molecule has 2 heterocycles. The zero-order chi connectivity index (χ0) is 18.4. The molecular weight excluding hydrogens is 324 g/mol. The van der Waals surface area contributed by atoms with Crippen molar-refractivity contribution in [2.75, 3.05) is 20.8 Å². The molecule has 1 saturated heterocycles. The zero-order valence-electron chi connectivity index (χ0n) is 13.5. The molecule has 2 atom stereocenters. The summed E-state index contributed by atoms with van der Waals surface area (Å²) in [6, 6.07) is -1.65. The highest BCUT2D eigenvalue weighted by molar-refractivity contribution is 6.14. The molecule has 2 aliphatic rings. The fourth-order valence-corrected chi connectivity index (χ4v) is 3.06. The van der Waals surface area contributed by atoms with Crippen molar-refractivity contribution in [3.8, 4) is 0 Å². The molecule has 2 aliphatic heterocycles. The number of esters is 2. The third kappa shape index (κ3) is 2.18. The number of hydrogen-bond acceptors (Lipinski definition) is 8. The van der Waals surface area contributed by atoms with E-state index in [1.165, 1.54) is 0 Å². The second-order valence-corrected chi connectivity index (χ2v) is 5.32. The molecule has 0 radical (unpaired) electrons. The highest BCUT2D eigenvalue weighted by Gasteiger charge is 2.65. The predicted octanol–water partition coefficient (Wildman–Crippen LogP) is -2.06. The first-order valence-corrected chi connectivity index (χ1v) is 6.87. The Hall–Kier alpha value is -2.75. The van der Waals surface area contributed by atoms with Gasteiger partial charge in [-0.3, -0.25) is 24.2 Å². The van der Waals surface area contributed by atoms with Crippen LogP contribution in [0.1, 0.15) is 13.8 Å². The number of amides is 3. The van der Waals surface area contributed by atoms with Gasteiger partial charge in [0.25, 0.3) is 5.91 Å². The smallest absolute Gasteiger partial charge is 0.339 e. The summed E-state index contributed by atoms with van der Waals surface area (Å²) in [6.07, 6.45) is 0. The lowest BCUT2D eigenvalue weighted by atomic mass is 10.0. The fourth-order valence-electron chi connectivity index (χ4n) is 3.06. The molecule has 10 nitrogen and oxygen atoms in total. The summed E-state index contributed by atoms with van der Waals surface area (Å²) in [5.74, 6) is -4.57. The Balaban J connectivity index is 2.79. The maximum atomic E-state index is 12.6. The van der Waals surface area contributed by atoms with Crippen LogP contribution in [0.5, 0.6) is 0 Å². The van der Waals surface area contributed by atoms with Crippen LogP contribution in [0.2, 0.25) is 0 Å². The van der Waals surface area contributed by atoms with Gasteiger partial charge in [0.1, 0.15) is 11.6 Å². The molecule has 1 fully saturated rings. The van der Waals surface area contributed by atoms with Crippen LogP contribution in [0.25, 0.3) is 0 Å². The third-order valence-electron chi connectivity index (χ3n) is 3.99. The third-order valence-corrected chi connectivity index (χ3v) is 3.99. The van der Waals surface area contributed by atoms with Crippen LogP contribution in [0.4, 0.5) is 0 Å². The van der Waals surface area contributed by atoms with Crippen LogP contribution in [0.3, 0.4) is 0 Å². The summed E-state index contributed by atoms with van der Waals surface area (Å²) in [5.41, 5.74) is -3.47. The van der Waals surface area contributed by atoms with E-state index in [9.17, 15) is 29.1 Å². The van der Waals surface area contributed by atoms with Crippen molar-refractivity contribution in [2.45, 2.75) is 25.6 Å². The Labute approximate surface area is 136 Å². The van der Waals surface area contributed by atoms with Crippen molar-refractivity contribution in [1.29, 1.82) is 0 Å². The van der Waals surface area contributed by atoms with Gasteiger partial charge in [-0.25, -0.2) is 9.59 Å². The number of fused-ring (bicyclic) bond motifs is 2. The molecule has 0 saturated carbocycles. The number of aliphatic hydroxyl groups is 1. The number of hydrogen-bond donors (Lipinski definition) is 1. The minimum absolute atomic E-state index is 0.518. The van der Waals surface area contributed by atoms with E-state index >= 15 is 0 Å².